The predicted octanol–water partition coefficient (Wildman–Crippen LogP) is 3.42. The van der Waals surface area contributed by atoms with Crippen molar-refractivity contribution < 1.29 is 4.74 Å². The largest absolute Gasteiger partial charge is 0.495 e. The number of anilines is 2. The highest BCUT2D eigenvalue weighted by Crippen LogP contribution is 2.34. The van der Waals surface area contributed by atoms with Crippen LogP contribution < -0.4 is 15.0 Å². The summed E-state index contributed by atoms with van der Waals surface area (Å²) in [5.41, 5.74) is 1.03. The van der Waals surface area contributed by atoms with Crippen LogP contribution in [0.15, 0.2) is 30.5 Å². The molecule has 2 rings (SSSR count). The van der Waals surface area contributed by atoms with Gasteiger partial charge in [0.2, 0.25) is 0 Å². The van der Waals surface area contributed by atoms with E-state index in [1.165, 1.54) is 4.88 Å². The van der Waals surface area contributed by atoms with Gasteiger partial charge in [0.05, 0.1) is 12.8 Å². The minimum absolute atomic E-state index is 0.857. The Balaban J connectivity index is 2.11. The van der Waals surface area contributed by atoms with Crippen LogP contribution in [0.1, 0.15) is 18.2 Å². The van der Waals surface area contributed by atoms with Gasteiger partial charge in [-0.2, -0.15) is 0 Å². The van der Waals surface area contributed by atoms with Crippen molar-refractivity contribution in [2.24, 2.45) is 0 Å². The molecule has 0 atom stereocenters. The van der Waals surface area contributed by atoms with Gasteiger partial charge in [-0.25, -0.2) is 4.98 Å². The minimum atomic E-state index is 0.857. The third-order valence-electron chi connectivity index (χ3n) is 3.00. The number of methoxy groups -OCH3 is 1. The molecule has 0 saturated heterocycles. The van der Waals surface area contributed by atoms with Gasteiger partial charge in [-0.05, 0) is 25.1 Å². The van der Waals surface area contributed by atoms with Gasteiger partial charge in [-0.3, -0.25) is 0 Å². The average Bonchev–Trinajstić information content (AvgIpc) is 2.95. The number of para-hydroxylation sites is 2. The molecule has 0 radical (unpaired) electrons. The van der Waals surface area contributed by atoms with E-state index < -0.39 is 0 Å². The molecule has 0 aliphatic carbocycles. The molecule has 0 spiro atoms. The standard InChI is InChI=1S/C15H21N3OS/c1-4-9-16-10-12-11-17-15(20-12)18(2)13-7-5-6-8-14(13)19-3/h5-8,11,16H,4,9-10H2,1-3H3. The summed E-state index contributed by atoms with van der Waals surface area (Å²) in [5, 5.41) is 4.37. The number of aromatic nitrogens is 1. The molecule has 0 aliphatic rings. The second kappa shape index (κ2) is 7.26. The van der Waals surface area contributed by atoms with E-state index in [1.807, 2.05) is 37.5 Å². The van der Waals surface area contributed by atoms with E-state index in [4.69, 9.17) is 4.74 Å². The maximum absolute atomic E-state index is 5.40. The molecule has 0 bridgehead atoms. The number of nitrogens with zero attached hydrogens (tertiary/aromatic N) is 2. The van der Waals surface area contributed by atoms with Crippen LogP contribution in [0.4, 0.5) is 10.8 Å². The Morgan fingerprint density at radius 2 is 2.15 bits per heavy atom. The number of ether oxygens (including phenoxy) is 1. The lowest BCUT2D eigenvalue weighted by atomic mass is 10.3. The number of benzene rings is 1. The van der Waals surface area contributed by atoms with Crippen LogP contribution in [0.5, 0.6) is 5.75 Å². The number of hydrogen-bond acceptors (Lipinski definition) is 5. The summed E-state index contributed by atoms with van der Waals surface area (Å²) in [6, 6.07) is 7.97. The van der Waals surface area contributed by atoms with E-state index in [0.29, 0.717) is 0 Å². The van der Waals surface area contributed by atoms with Gasteiger partial charge in [-0.15, -0.1) is 11.3 Å². The van der Waals surface area contributed by atoms with Crippen molar-refractivity contribution in [1.29, 1.82) is 0 Å². The molecule has 2 aromatic rings. The Bertz CT molecular complexity index is 541. The molecular formula is C15H21N3OS. The summed E-state index contributed by atoms with van der Waals surface area (Å²) in [4.78, 5) is 7.80. The zero-order chi connectivity index (χ0) is 14.4. The Morgan fingerprint density at radius 3 is 2.90 bits per heavy atom. The summed E-state index contributed by atoms with van der Waals surface area (Å²) < 4.78 is 5.40. The lowest BCUT2D eigenvalue weighted by molar-refractivity contribution is 0.415. The van der Waals surface area contributed by atoms with Gasteiger partial charge < -0.3 is 15.0 Å². The zero-order valence-corrected chi connectivity index (χ0v) is 13.0. The van der Waals surface area contributed by atoms with Crippen molar-refractivity contribution >= 4 is 22.2 Å². The van der Waals surface area contributed by atoms with Crippen LogP contribution in [0.25, 0.3) is 0 Å². The number of thiazole rings is 1. The lowest BCUT2D eigenvalue weighted by Crippen LogP contribution is -2.12. The molecule has 20 heavy (non-hydrogen) atoms. The van der Waals surface area contributed by atoms with Crippen LogP contribution in [0.3, 0.4) is 0 Å². The fourth-order valence-corrected chi connectivity index (χ4v) is 2.79. The van der Waals surface area contributed by atoms with Gasteiger partial charge in [0, 0.05) is 24.7 Å². The van der Waals surface area contributed by atoms with E-state index in [0.717, 1.165) is 36.1 Å². The van der Waals surface area contributed by atoms with Crippen molar-refractivity contribution in [2.45, 2.75) is 19.9 Å². The first kappa shape index (κ1) is 14.8. The molecule has 1 N–H and O–H groups in total. The fourth-order valence-electron chi connectivity index (χ4n) is 1.93. The Hall–Kier alpha value is -1.59. The maximum atomic E-state index is 5.40. The number of hydrogen-bond donors (Lipinski definition) is 1. The molecule has 0 saturated carbocycles. The lowest BCUT2D eigenvalue weighted by Gasteiger charge is -2.18. The molecule has 0 unspecified atom stereocenters. The monoisotopic (exact) mass is 291 g/mol. The molecule has 1 heterocycles. The number of rotatable bonds is 7. The fraction of sp³-hybridized carbons (Fsp3) is 0.400. The topological polar surface area (TPSA) is 37.4 Å². The van der Waals surface area contributed by atoms with Crippen molar-refractivity contribution in [1.82, 2.24) is 10.3 Å². The van der Waals surface area contributed by atoms with Crippen molar-refractivity contribution in [3.8, 4) is 5.75 Å². The molecule has 1 aromatic heterocycles. The SMILES string of the molecule is CCCNCc1cnc(N(C)c2ccccc2OC)s1. The van der Waals surface area contributed by atoms with Crippen molar-refractivity contribution in [3.63, 3.8) is 0 Å². The first-order valence-electron chi connectivity index (χ1n) is 6.78. The van der Waals surface area contributed by atoms with Crippen LogP contribution in [0, 0.1) is 0 Å². The van der Waals surface area contributed by atoms with E-state index in [1.54, 1.807) is 18.4 Å². The summed E-state index contributed by atoms with van der Waals surface area (Å²) in [5.74, 6) is 0.857. The summed E-state index contributed by atoms with van der Waals surface area (Å²) in [6.45, 7) is 4.08. The Morgan fingerprint density at radius 1 is 1.35 bits per heavy atom. The van der Waals surface area contributed by atoms with Gasteiger partial charge in [0.25, 0.3) is 0 Å². The first-order chi connectivity index (χ1) is 9.76. The average molecular weight is 291 g/mol. The molecule has 0 amide bonds. The minimum Gasteiger partial charge on any atom is -0.495 e. The molecule has 0 aliphatic heterocycles. The molecule has 4 nitrogen and oxygen atoms in total. The Kier molecular flexibility index (Phi) is 5.38. The highest BCUT2D eigenvalue weighted by atomic mass is 32.1. The highest BCUT2D eigenvalue weighted by Gasteiger charge is 2.12. The second-order valence-corrected chi connectivity index (χ2v) is 5.61. The van der Waals surface area contributed by atoms with Gasteiger partial charge in [0.1, 0.15) is 5.75 Å². The highest BCUT2D eigenvalue weighted by molar-refractivity contribution is 7.15. The summed E-state index contributed by atoms with van der Waals surface area (Å²) >= 11 is 1.70. The van der Waals surface area contributed by atoms with Crippen molar-refractivity contribution in [3.05, 3.63) is 35.3 Å². The third kappa shape index (κ3) is 3.49. The second-order valence-electron chi connectivity index (χ2n) is 4.52. The number of nitrogens with one attached hydrogen (secondary N) is 1. The van der Waals surface area contributed by atoms with Gasteiger partial charge in [0.15, 0.2) is 5.13 Å². The normalized spacial score (nSPS) is 10.6. The molecule has 5 heteroatoms. The first-order valence-corrected chi connectivity index (χ1v) is 7.60. The molecular weight excluding hydrogens is 270 g/mol. The van der Waals surface area contributed by atoms with Crippen LogP contribution >= 0.6 is 11.3 Å². The maximum Gasteiger partial charge on any atom is 0.189 e. The smallest absolute Gasteiger partial charge is 0.189 e. The van der Waals surface area contributed by atoms with E-state index >= 15 is 0 Å². The van der Waals surface area contributed by atoms with Gasteiger partial charge in [-0.1, -0.05) is 19.1 Å². The van der Waals surface area contributed by atoms with Gasteiger partial charge >= 0.3 is 0 Å². The summed E-state index contributed by atoms with van der Waals surface area (Å²) in [7, 11) is 3.70. The van der Waals surface area contributed by atoms with E-state index in [2.05, 4.69) is 22.1 Å². The van der Waals surface area contributed by atoms with Crippen LogP contribution in [0.2, 0.25) is 0 Å². The Labute approximate surface area is 124 Å². The molecule has 1 aromatic carbocycles. The third-order valence-corrected chi connectivity index (χ3v) is 4.07. The molecule has 0 fully saturated rings. The van der Waals surface area contributed by atoms with E-state index in [-0.39, 0.29) is 0 Å². The quantitative estimate of drug-likeness (QED) is 0.793. The van der Waals surface area contributed by atoms with Crippen LogP contribution in [-0.2, 0) is 6.54 Å². The van der Waals surface area contributed by atoms with Crippen LogP contribution in [-0.4, -0.2) is 25.7 Å². The van der Waals surface area contributed by atoms with E-state index in [9.17, 15) is 0 Å². The summed E-state index contributed by atoms with van der Waals surface area (Å²) in [6.07, 6.45) is 3.08. The zero-order valence-electron chi connectivity index (χ0n) is 12.2. The molecule has 108 valence electrons. The predicted molar refractivity (Wildman–Crippen MR) is 85.2 cm³/mol. The van der Waals surface area contributed by atoms with Crippen molar-refractivity contribution in [2.75, 3.05) is 25.6 Å².